The molecule has 0 radical (unpaired) electrons. The fourth-order valence-corrected chi connectivity index (χ4v) is 3.51. The smallest absolute Gasteiger partial charge is 0.261 e. The second kappa shape index (κ2) is 7.33. The molecule has 0 unspecified atom stereocenters. The zero-order chi connectivity index (χ0) is 17.9. The molecule has 1 aliphatic carbocycles. The fourth-order valence-electron chi connectivity index (χ4n) is 2.13. The lowest BCUT2D eigenvalue weighted by atomic mass is 10.3. The van der Waals surface area contributed by atoms with Gasteiger partial charge in [-0.05, 0) is 43.2 Å². The van der Waals surface area contributed by atoms with Gasteiger partial charge in [-0.25, -0.2) is 8.42 Å². The van der Waals surface area contributed by atoms with E-state index in [4.69, 9.17) is 16.3 Å². The van der Waals surface area contributed by atoms with Gasteiger partial charge in [0.25, 0.3) is 15.9 Å². The number of nitrogens with one attached hydrogen (secondary N) is 2. The van der Waals surface area contributed by atoms with Crippen LogP contribution in [0.4, 0.5) is 5.69 Å². The van der Waals surface area contributed by atoms with E-state index in [9.17, 15) is 13.2 Å². The number of sulfonamides is 1. The van der Waals surface area contributed by atoms with Crippen molar-refractivity contribution in [1.82, 2.24) is 5.32 Å². The topological polar surface area (TPSA) is 84.5 Å². The summed E-state index contributed by atoms with van der Waals surface area (Å²) in [7, 11) is -3.76. The van der Waals surface area contributed by atoms with E-state index in [-0.39, 0.29) is 34.2 Å². The van der Waals surface area contributed by atoms with E-state index in [0.717, 1.165) is 12.8 Å². The molecule has 25 heavy (non-hydrogen) atoms. The summed E-state index contributed by atoms with van der Waals surface area (Å²) in [6.07, 6.45) is 1.99. The minimum absolute atomic E-state index is 0.0103. The zero-order valence-corrected chi connectivity index (χ0v) is 14.8. The Balaban J connectivity index is 1.66. The van der Waals surface area contributed by atoms with Crippen molar-refractivity contribution in [2.45, 2.75) is 23.8 Å². The first kappa shape index (κ1) is 17.6. The second-order valence-corrected chi connectivity index (χ2v) is 7.78. The molecule has 0 spiro atoms. The van der Waals surface area contributed by atoms with Crippen LogP contribution >= 0.6 is 11.6 Å². The van der Waals surface area contributed by atoms with Crippen LogP contribution in [-0.4, -0.2) is 27.0 Å². The molecule has 0 aromatic heterocycles. The largest absolute Gasteiger partial charge is 0.482 e. The average Bonchev–Trinajstić information content (AvgIpc) is 3.38. The standard InChI is InChI=1S/C17H17ClN2O4S/c18-15-10-14(25(22,23)20-13-4-2-1-3-5-13)8-9-16(15)24-11-17(21)19-12-6-7-12/h1-5,8-10,12,20H,6-7,11H2,(H,19,21). The molecule has 1 fully saturated rings. The maximum atomic E-state index is 12.4. The summed E-state index contributed by atoms with van der Waals surface area (Å²) in [4.78, 5) is 11.6. The van der Waals surface area contributed by atoms with Crippen LogP contribution in [0.3, 0.4) is 0 Å². The maximum absolute atomic E-state index is 12.4. The predicted molar refractivity (Wildman–Crippen MR) is 95.4 cm³/mol. The van der Waals surface area contributed by atoms with E-state index in [1.54, 1.807) is 30.3 Å². The van der Waals surface area contributed by atoms with Gasteiger partial charge in [-0.15, -0.1) is 0 Å². The molecule has 1 aliphatic rings. The number of para-hydroxylation sites is 1. The molecule has 2 aromatic rings. The van der Waals surface area contributed by atoms with Crippen molar-refractivity contribution in [2.24, 2.45) is 0 Å². The molecular formula is C17H17ClN2O4S. The lowest BCUT2D eigenvalue weighted by molar-refractivity contribution is -0.123. The third-order valence-electron chi connectivity index (χ3n) is 3.54. The maximum Gasteiger partial charge on any atom is 0.261 e. The van der Waals surface area contributed by atoms with Crippen LogP contribution < -0.4 is 14.8 Å². The molecule has 0 atom stereocenters. The Morgan fingerprint density at radius 3 is 2.52 bits per heavy atom. The molecule has 0 bridgehead atoms. The Morgan fingerprint density at radius 2 is 1.88 bits per heavy atom. The average molecular weight is 381 g/mol. The number of anilines is 1. The van der Waals surface area contributed by atoms with Crippen molar-refractivity contribution in [3.63, 3.8) is 0 Å². The van der Waals surface area contributed by atoms with Gasteiger partial charge in [0.15, 0.2) is 6.61 Å². The Labute approximate surface area is 151 Å². The van der Waals surface area contributed by atoms with Crippen LogP contribution in [0, 0.1) is 0 Å². The van der Waals surface area contributed by atoms with Gasteiger partial charge in [0, 0.05) is 11.7 Å². The molecule has 1 amide bonds. The fraction of sp³-hybridized carbons (Fsp3) is 0.235. The number of hydrogen-bond acceptors (Lipinski definition) is 4. The van der Waals surface area contributed by atoms with Crippen molar-refractivity contribution in [3.8, 4) is 5.75 Å². The number of hydrogen-bond donors (Lipinski definition) is 2. The van der Waals surface area contributed by atoms with Crippen LogP contribution in [0.5, 0.6) is 5.75 Å². The van der Waals surface area contributed by atoms with Crippen molar-refractivity contribution in [2.75, 3.05) is 11.3 Å². The summed E-state index contributed by atoms with van der Waals surface area (Å²) in [5, 5.41) is 2.91. The Hall–Kier alpha value is -2.25. The number of carbonyl (C=O) groups excluding carboxylic acids is 1. The van der Waals surface area contributed by atoms with Gasteiger partial charge in [-0.1, -0.05) is 29.8 Å². The molecule has 0 saturated heterocycles. The van der Waals surface area contributed by atoms with Gasteiger partial charge < -0.3 is 10.1 Å². The molecule has 2 N–H and O–H groups in total. The van der Waals surface area contributed by atoms with Gasteiger partial charge >= 0.3 is 0 Å². The number of halogens is 1. The van der Waals surface area contributed by atoms with E-state index in [1.807, 2.05) is 0 Å². The Bertz CT molecular complexity index is 867. The van der Waals surface area contributed by atoms with Crippen LogP contribution in [0.15, 0.2) is 53.4 Å². The van der Waals surface area contributed by atoms with Crippen LogP contribution in [0.2, 0.25) is 5.02 Å². The van der Waals surface area contributed by atoms with Gasteiger partial charge in [0.05, 0.1) is 9.92 Å². The first-order chi connectivity index (χ1) is 11.9. The molecule has 8 heteroatoms. The van der Waals surface area contributed by atoms with Crippen LogP contribution in [0.1, 0.15) is 12.8 Å². The summed E-state index contributed by atoms with van der Waals surface area (Å²) < 4.78 is 32.6. The third-order valence-corrected chi connectivity index (χ3v) is 5.22. The highest BCUT2D eigenvalue weighted by atomic mass is 35.5. The van der Waals surface area contributed by atoms with E-state index >= 15 is 0 Å². The van der Waals surface area contributed by atoms with Crippen LogP contribution in [-0.2, 0) is 14.8 Å². The van der Waals surface area contributed by atoms with E-state index in [2.05, 4.69) is 10.0 Å². The Kier molecular flexibility index (Phi) is 5.15. The molecule has 2 aromatic carbocycles. The molecule has 0 heterocycles. The van der Waals surface area contributed by atoms with Gasteiger partial charge in [-0.2, -0.15) is 0 Å². The van der Waals surface area contributed by atoms with Gasteiger partial charge in [0.2, 0.25) is 0 Å². The SMILES string of the molecule is O=C(COc1ccc(S(=O)(=O)Nc2ccccc2)cc1Cl)NC1CC1. The lowest BCUT2D eigenvalue weighted by Gasteiger charge is -2.11. The van der Waals surface area contributed by atoms with Crippen molar-refractivity contribution >= 4 is 33.2 Å². The summed E-state index contributed by atoms with van der Waals surface area (Å²) in [6, 6.07) is 12.9. The predicted octanol–water partition coefficient (Wildman–Crippen LogP) is 2.80. The minimum atomic E-state index is -3.76. The molecule has 132 valence electrons. The normalized spacial score (nSPS) is 14.0. The number of benzene rings is 2. The van der Waals surface area contributed by atoms with Crippen LogP contribution in [0.25, 0.3) is 0 Å². The highest BCUT2D eigenvalue weighted by Crippen LogP contribution is 2.28. The molecule has 6 nitrogen and oxygen atoms in total. The van der Waals surface area contributed by atoms with Crippen molar-refractivity contribution in [1.29, 1.82) is 0 Å². The van der Waals surface area contributed by atoms with Gasteiger partial charge in [0.1, 0.15) is 5.75 Å². The monoisotopic (exact) mass is 380 g/mol. The first-order valence-electron chi connectivity index (χ1n) is 7.73. The quantitative estimate of drug-likeness (QED) is 0.773. The number of carbonyl (C=O) groups is 1. The minimum Gasteiger partial charge on any atom is -0.482 e. The molecule has 1 saturated carbocycles. The molecule has 0 aliphatic heterocycles. The van der Waals surface area contributed by atoms with Crippen molar-refractivity contribution < 1.29 is 17.9 Å². The summed E-state index contributed by atoms with van der Waals surface area (Å²) in [6.45, 7) is -0.162. The summed E-state index contributed by atoms with van der Waals surface area (Å²) in [5.74, 6) is 0.0345. The third kappa shape index (κ3) is 4.87. The zero-order valence-electron chi connectivity index (χ0n) is 13.2. The van der Waals surface area contributed by atoms with E-state index < -0.39 is 10.0 Å². The second-order valence-electron chi connectivity index (χ2n) is 5.69. The lowest BCUT2D eigenvalue weighted by Crippen LogP contribution is -2.30. The van der Waals surface area contributed by atoms with Gasteiger partial charge in [-0.3, -0.25) is 9.52 Å². The van der Waals surface area contributed by atoms with Crippen molar-refractivity contribution in [3.05, 3.63) is 53.6 Å². The molecule has 3 rings (SSSR count). The number of amides is 1. The van der Waals surface area contributed by atoms with E-state index in [1.165, 1.54) is 18.2 Å². The number of rotatable bonds is 7. The Morgan fingerprint density at radius 1 is 1.16 bits per heavy atom. The summed E-state index contributed by atoms with van der Waals surface area (Å²) in [5.41, 5.74) is 0.454. The van der Waals surface area contributed by atoms with E-state index in [0.29, 0.717) is 5.69 Å². The summed E-state index contributed by atoms with van der Waals surface area (Å²) >= 11 is 6.09. The number of ether oxygens (including phenoxy) is 1. The highest BCUT2D eigenvalue weighted by molar-refractivity contribution is 7.92. The first-order valence-corrected chi connectivity index (χ1v) is 9.60. The highest BCUT2D eigenvalue weighted by Gasteiger charge is 2.23. The molecular weight excluding hydrogens is 364 g/mol.